The fourth-order valence-electron chi connectivity index (χ4n) is 3.66. The number of H-pyrrole nitrogens is 1. The van der Waals surface area contributed by atoms with Gasteiger partial charge in [0.2, 0.25) is 11.9 Å². The second-order valence-electron chi connectivity index (χ2n) is 7.15. The fraction of sp³-hybridized carbons (Fsp3) is 0.286. The molecule has 1 unspecified atom stereocenters. The van der Waals surface area contributed by atoms with Gasteiger partial charge in [0, 0.05) is 17.6 Å². The number of pyridine rings is 2. The molecule has 1 aliphatic rings. The normalized spacial score (nSPS) is 24.3. The maximum atomic E-state index is 14.2. The molecule has 150 valence electrons. The third-order valence-corrected chi connectivity index (χ3v) is 5.19. The standard InChI is InChI=1S/C21H20FN3O4/c22-19-18(27)21(8-10-29-19,12-13-7-9-23-17(26)11-13)25-20(28)16-6-5-14-3-1-2-4-15(14)24-16/h1-7,9,11,18-19,27H,8,10,12H2,(H,23,26)(H,25,28)/t18-,19?,21+/m0/s1. The molecule has 1 saturated heterocycles. The van der Waals surface area contributed by atoms with Crippen LogP contribution in [0.1, 0.15) is 22.5 Å². The molecule has 0 spiro atoms. The number of para-hydroxylation sites is 1. The highest BCUT2D eigenvalue weighted by Crippen LogP contribution is 2.30. The maximum absolute atomic E-state index is 14.2. The van der Waals surface area contributed by atoms with Crippen molar-refractivity contribution in [3.63, 3.8) is 0 Å². The highest BCUT2D eigenvalue weighted by atomic mass is 19.1. The van der Waals surface area contributed by atoms with Crippen LogP contribution in [0.2, 0.25) is 0 Å². The van der Waals surface area contributed by atoms with E-state index in [1.165, 1.54) is 12.3 Å². The van der Waals surface area contributed by atoms with E-state index in [4.69, 9.17) is 4.74 Å². The number of aromatic amines is 1. The van der Waals surface area contributed by atoms with Crippen molar-refractivity contribution >= 4 is 16.8 Å². The SMILES string of the molecule is O=C(N[C@@]1(Cc2cc[nH]c(=O)c2)CCOC(F)[C@@H]1O)c1ccc2ccccc2n1. The highest BCUT2D eigenvalue weighted by Gasteiger charge is 2.47. The Morgan fingerprint density at radius 3 is 2.97 bits per heavy atom. The number of halogens is 1. The van der Waals surface area contributed by atoms with Crippen molar-refractivity contribution in [3.05, 3.63) is 76.3 Å². The minimum Gasteiger partial charge on any atom is -0.385 e. The molecule has 0 aliphatic carbocycles. The quantitative estimate of drug-likeness (QED) is 0.622. The lowest BCUT2D eigenvalue weighted by Crippen LogP contribution is -2.64. The number of rotatable bonds is 4. The maximum Gasteiger partial charge on any atom is 0.270 e. The Balaban J connectivity index is 1.67. The number of fused-ring (bicyclic) bond motifs is 1. The van der Waals surface area contributed by atoms with Gasteiger partial charge in [-0.15, -0.1) is 0 Å². The number of hydrogen-bond donors (Lipinski definition) is 3. The van der Waals surface area contributed by atoms with E-state index in [2.05, 4.69) is 15.3 Å². The summed E-state index contributed by atoms with van der Waals surface area (Å²) in [5.74, 6) is -0.534. The van der Waals surface area contributed by atoms with Gasteiger partial charge < -0.3 is 20.1 Å². The van der Waals surface area contributed by atoms with Crippen molar-refractivity contribution in [2.75, 3.05) is 6.61 Å². The molecular formula is C21H20FN3O4. The van der Waals surface area contributed by atoms with Crippen LogP contribution in [0.25, 0.3) is 10.9 Å². The molecule has 1 aromatic carbocycles. The van der Waals surface area contributed by atoms with Gasteiger partial charge in [-0.05, 0) is 36.6 Å². The van der Waals surface area contributed by atoms with Gasteiger partial charge in [-0.3, -0.25) is 9.59 Å². The number of nitrogens with one attached hydrogen (secondary N) is 2. The summed E-state index contributed by atoms with van der Waals surface area (Å²) in [5.41, 5.74) is -0.287. The summed E-state index contributed by atoms with van der Waals surface area (Å²) in [6.07, 6.45) is -1.82. The predicted octanol–water partition coefficient (Wildman–Crippen LogP) is 1.71. The van der Waals surface area contributed by atoms with Gasteiger partial charge in [-0.1, -0.05) is 24.3 Å². The summed E-state index contributed by atoms with van der Waals surface area (Å²) in [4.78, 5) is 31.5. The summed E-state index contributed by atoms with van der Waals surface area (Å²) in [6, 6.07) is 13.7. The topological polar surface area (TPSA) is 104 Å². The van der Waals surface area contributed by atoms with E-state index in [0.717, 1.165) is 5.39 Å². The minimum atomic E-state index is -1.95. The Morgan fingerprint density at radius 1 is 1.31 bits per heavy atom. The molecule has 0 saturated carbocycles. The third-order valence-electron chi connectivity index (χ3n) is 5.19. The molecule has 1 fully saturated rings. The van der Waals surface area contributed by atoms with E-state index in [0.29, 0.717) is 11.1 Å². The Bertz CT molecular complexity index is 1100. The first-order valence-electron chi connectivity index (χ1n) is 9.26. The van der Waals surface area contributed by atoms with Crippen LogP contribution in [0.4, 0.5) is 4.39 Å². The van der Waals surface area contributed by atoms with Gasteiger partial charge in [0.15, 0.2) is 0 Å². The van der Waals surface area contributed by atoms with E-state index >= 15 is 0 Å². The number of amides is 1. The first kappa shape index (κ1) is 19.2. The summed E-state index contributed by atoms with van der Waals surface area (Å²) in [7, 11) is 0. The number of nitrogens with zero attached hydrogens (tertiary/aromatic N) is 1. The van der Waals surface area contributed by atoms with Crippen LogP contribution in [-0.4, -0.2) is 45.6 Å². The lowest BCUT2D eigenvalue weighted by Gasteiger charge is -2.43. The van der Waals surface area contributed by atoms with Crippen molar-refractivity contribution < 1.29 is 19.0 Å². The summed E-state index contributed by atoms with van der Waals surface area (Å²) in [5, 5.41) is 14.2. The minimum absolute atomic E-state index is 0.0207. The number of carbonyl (C=O) groups excluding carboxylic acids is 1. The number of aromatic nitrogens is 2. The average Bonchev–Trinajstić information content (AvgIpc) is 2.71. The first-order chi connectivity index (χ1) is 14.0. The molecule has 8 heteroatoms. The molecule has 3 atom stereocenters. The van der Waals surface area contributed by atoms with Crippen molar-refractivity contribution in [1.29, 1.82) is 0 Å². The van der Waals surface area contributed by atoms with Crippen LogP contribution in [-0.2, 0) is 11.2 Å². The average molecular weight is 397 g/mol. The van der Waals surface area contributed by atoms with Crippen molar-refractivity contribution in [1.82, 2.24) is 15.3 Å². The second kappa shape index (κ2) is 7.73. The van der Waals surface area contributed by atoms with E-state index in [1.54, 1.807) is 24.3 Å². The monoisotopic (exact) mass is 397 g/mol. The van der Waals surface area contributed by atoms with Crippen LogP contribution in [0.3, 0.4) is 0 Å². The van der Waals surface area contributed by atoms with Crippen LogP contribution >= 0.6 is 0 Å². The molecule has 1 aliphatic heterocycles. The number of aliphatic hydroxyl groups is 1. The molecule has 3 aromatic rings. The first-order valence-corrected chi connectivity index (χ1v) is 9.26. The highest BCUT2D eigenvalue weighted by molar-refractivity contribution is 5.95. The van der Waals surface area contributed by atoms with Crippen molar-refractivity contribution in [2.45, 2.75) is 30.8 Å². The number of alkyl halides is 1. The van der Waals surface area contributed by atoms with Crippen molar-refractivity contribution in [2.24, 2.45) is 0 Å². The molecule has 4 rings (SSSR count). The van der Waals surface area contributed by atoms with Gasteiger partial charge in [0.25, 0.3) is 5.91 Å². The fourth-order valence-corrected chi connectivity index (χ4v) is 3.66. The van der Waals surface area contributed by atoms with E-state index in [-0.39, 0.29) is 30.7 Å². The third kappa shape index (κ3) is 3.90. The Hall–Kier alpha value is -3.10. The summed E-state index contributed by atoms with van der Waals surface area (Å²) >= 11 is 0. The zero-order valence-electron chi connectivity index (χ0n) is 15.5. The molecule has 0 bridgehead atoms. The number of carbonyl (C=O) groups is 1. The molecule has 3 N–H and O–H groups in total. The zero-order chi connectivity index (χ0) is 20.4. The smallest absolute Gasteiger partial charge is 0.270 e. The lowest BCUT2D eigenvalue weighted by molar-refractivity contribution is -0.177. The molecule has 3 heterocycles. The molecular weight excluding hydrogens is 377 g/mol. The molecule has 2 aromatic heterocycles. The number of benzene rings is 1. The van der Waals surface area contributed by atoms with E-state index in [1.807, 2.05) is 18.2 Å². The van der Waals surface area contributed by atoms with Crippen LogP contribution in [0.15, 0.2) is 59.5 Å². The van der Waals surface area contributed by atoms with Crippen LogP contribution < -0.4 is 10.9 Å². The predicted molar refractivity (Wildman–Crippen MR) is 104 cm³/mol. The second-order valence-corrected chi connectivity index (χ2v) is 7.15. The molecule has 1 amide bonds. The Labute approximate surface area is 165 Å². The Kier molecular flexibility index (Phi) is 5.12. The number of hydrogen-bond acceptors (Lipinski definition) is 5. The van der Waals surface area contributed by atoms with Gasteiger partial charge in [-0.25, -0.2) is 9.37 Å². The summed E-state index contributed by atoms with van der Waals surface area (Å²) < 4.78 is 19.1. The van der Waals surface area contributed by atoms with Gasteiger partial charge >= 0.3 is 0 Å². The largest absolute Gasteiger partial charge is 0.385 e. The number of aliphatic hydroxyl groups excluding tert-OH is 1. The molecule has 7 nitrogen and oxygen atoms in total. The summed E-state index contributed by atoms with van der Waals surface area (Å²) in [6.45, 7) is 0.0207. The van der Waals surface area contributed by atoms with E-state index in [9.17, 15) is 19.1 Å². The van der Waals surface area contributed by atoms with Gasteiger partial charge in [0.05, 0.1) is 17.7 Å². The lowest BCUT2D eigenvalue weighted by atomic mass is 9.81. The van der Waals surface area contributed by atoms with Crippen molar-refractivity contribution in [3.8, 4) is 0 Å². The molecule has 29 heavy (non-hydrogen) atoms. The van der Waals surface area contributed by atoms with E-state index < -0.39 is 23.9 Å². The van der Waals surface area contributed by atoms with Gasteiger partial charge in [0.1, 0.15) is 11.8 Å². The molecule has 0 radical (unpaired) electrons. The number of ether oxygens (including phenoxy) is 1. The van der Waals surface area contributed by atoms with Crippen LogP contribution in [0, 0.1) is 0 Å². The zero-order valence-corrected chi connectivity index (χ0v) is 15.5. The Morgan fingerprint density at radius 2 is 2.14 bits per heavy atom. The van der Waals surface area contributed by atoms with Crippen LogP contribution in [0.5, 0.6) is 0 Å². The van der Waals surface area contributed by atoms with Gasteiger partial charge in [-0.2, -0.15) is 0 Å².